The number of hydrogen-bond donors (Lipinski definition) is 1. The third kappa shape index (κ3) is 2.56. The summed E-state index contributed by atoms with van der Waals surface area (Å²) >= 11 is 0. The van der Waals surface area contributed by atoms with Gasteiger partial charge in [0.25, 0.3) is 0 Å². The first-order valence-electron chi connectivity index (χ1n) is 3.37. The summed E-state index contributed by atoms with van der Waals surface area (Å²) in [5, 5.41) is 25.2. The van der Waals surface area contributed by atoms with Crippen molar-refractivity contribution in [2.45, 2.75) is 6.42 Å². The van der Waals surface area contributed by atoms with Crippen molar-refractivity contribution in [3.05, 3.63) is 10.5 Å². The molecule has 0 aliphatic rings. The van der Waals surface area contributed by atoms with E-state index in [9.17, 15) is 8.42 Å². The Morgan fingerprint density at radius 1 is 1.29 bits per heavy atom. The van der Waals surface area contributed by atoms with Gasteiger partial charge in [-0.2, -0.15) is 15.8 Å². The molecule has 0 fully saturated rings. The van der Waals surface area contributed by atoms with E-state index in [1.54, 1.807) is 6.07 Å². The Morgan fingerprint density at radius 3 is 2.07 bits per heavy atom. The topological polar surface area (TPSA) is 118 Å². The highest BCUT2D eigenvalue weighted by Crippen LogP contribution is 2.13. The summed E-state index contributed by atoms with van der Waals surface area (Å²) in [4.78, 5) is -0.493. The van der Waals surface area contributed by atoms with Crippen LogP contribution in [-0.2, 0) is 10.0 Å². The fourth-order valence-electron chi connectivity index (χ4n) is 0.662. The molecule has 0 aliphatic heterocycles. The van der Waals surface area contributed by atoms with Gasteiger partial charge < -0.3 is 0 Å². The lowest BCUT2D eigenvalue weighted by molar-refractivity contribution is 0.593. The summed E-state index contributed by atoms with van der Waals surface area (Å²) in [6.45, 7) is 0. The number of allylic oxidation sites excluding steroid dienone is 2. The average molecular weight is 210 g/mol. The average Bonchev–Trinajstić information content (AvgIpc) is 2.18. The van der Waals surface area contributed by atoms with Gasteiger partial charge in [0.2, 0.25) is 10.0 Å². The van der Waals surface area contributed by atoms with Gasteiger partial charge in [-0.1, -0.05) is 0 Å². The summed E-state index contributed by atoms with van der Waals surface area (Å²) < 4.78 is 24.4. The molecule has 0 unspecified atom stereocenters. The van der Waals surface area contributed by atoms with Crippen LogP contribution in [0.25, 0.3) is 0 Å². The molecule has 0 heterocycles. The van der Waals surface area contributed by atoms with Gasteiger partial charge in [-0.25, -0.2) is 13.1 Å². The molecule has 14 heavy (non-hydrogen) atoms. The summed E-state index contributed by atoms with van der Waals surface area (Å²) in [6.07, 6.45) is -0.500. The molecule has 0 saturated carbocycles. The van der Waals surface area contributed by atoms with Crippen LogP contribution in [0, 0.1) is 34.0 Å². The molecule has 0 aromatic heterocycles. The maximum atomic E-state index is 11.2. The van der Waals surface area contributed by atoms with Crippen molar-refractivity contribution >= 4 is 10.0 Å². The highest BCUT2D eigenvalue weighted by Gasteiger charge is 2.20. The molecule has 72 valence electrons. The van der Waals surface area contributed by atoms with Crippen LogP contribution in [0.5, 0.6) is 0 Å². The quantitative estimate of drug-likeness (QED) is 0.644. The van der Waals surface area contributed by atoms with E-state index in [1.165, 1.54) is 12.1 Å². The van der Waals surface area contributed by atoms with E-state index in [0.29, 0.717) is 0 Å². The predicted octanol–water partition coefficient (Wildman–Crippen LogP) is -0.249. The van der Waals surface area contributed by atoms with Crippen LogP contribution in [0.1, 0.15) is 6.42 Å². The third-order valence-corrected chi connectivity index (χ3v) is 2.87. The molecule has 0 aromatic carbocycles. The van der Waals surface area contributed by atoms with Gasteiger partial charge >= 0.3 is 0 Å². The maximum Gasteiger partial charge on any atom is 0.239 e. The minimum absolute atomic E-state index is 0.493. The van der Waals surface area contributed by atoms with Gasteiger partial charge in [0.15, 0.2) is 0 Å². The first kappa shape index (κ1) is 12.1. The Bertz CT molecular complexity index is 453. The molecule has 0 bridgehead atoms. The number of nitrogens with one attached hydrogen (secondary N) is 1. The molecule has 0 aromatic rings. The molecular formula is C7H6N4O2S. The van der Waals surface area contributed by atoms with Crippen LogP contribution < -0.4 is 4.72 Å². The van der Waals surface area contributed by atoms with E-state index in [-0.39, 0.29) is 0 Å². The van der Waals surface area contributed by atoms with Crippen LogP contribution in [0.4, 0.5) is 0 Å². The van der Waals surface area contributed by atoms with Crippen molar-refractivity contribution in [2.24, 2.45) is 0 Å². The summed E-state index contributed by atoms with van der Waals surface area (Å²) in [7, 11) is -2.75. The predicted molar refractivity (Wildman–Crippen MR) is 46.5 cm³/mol. The Hall–Kier alpha value is -1.88. The smallest absolute Gasteiger partial charge is 0.214 e. The second kappa shape index (κ2) is 4.98. The van der Waals surface area contributed by atoms with Crippen molar-refractivity contribution in [1.29, 1.82) is 15.8 Å². The van der Waals surface area contributed by atoms with E-state index >= 15 is 0 Å². The molecule has 0 rings (SSSR count). The van der Waals surface area contributed by atoms with Crippen molar-refractivity contribution < 1.29 is 8.42 Å². The Morgan fingerprint density at radius 2 is 1.79 bits per heavy atom. The van der Waals surface area contributed by atoms with Gasteiger partial charge in [0, 0.05) is 0 Å². The van der Waals surface area contributed by atoms with E-state index in [4.69, 9.17) is 15.8 Å². The fraction of sp³-hybridized carbons (Fsp3) is 0.286. The van der Waals surface area contributed by atoms with Crippen LogP contribution in [0.3, 0.4) is 0 Å². The lowest BCUT2D eigenvalue weighted by Crippen LogP contribution is -2.21. The third-order valence-electron chi connectivity index (χ3n) is 1.34. The van der Waals surface area contributed by atoms with Crippen LogP contribution >= 0.6 is 0 Å². The second-order valence-corrected chi connectivity index (χ2v) is 3.97. The lowest BCUT2D eigenvalue weighted by Gasteiger charge is -2.02. The number of rotatable bonds is 3. The standard InChI is InChI=1S/C7H6N4O2S/c1-11-14(12,13)7(2-3-8)6(4-9)5-10/h11H,2H2,1H3. The molecule has 0 spiro atoms. The number of hydrogen-bond acceptors (Lipinski definition) is 5. The minimum atomic E-state index is -3.88. The van der Waals surface area contributed by atoms with E-state index in [1.807, 2.05) is 4.72 Å². The highest BCUT2D eigenvalue weighted by molar-refractivity contribution is 7.93. The molecule has 6 nitrogen and oxygen atoms in total. The molecular weight excluding hydrogens is 204 g/mol. The summed E-state index contributed by atoms with van der Waals surface area (Å²) in [5.41, 5.74) is -0.569. The number of nitrogens with zero attached hydrogens (tertiary/aromatic N) is 3. The molecule has 0 amide bonds. The highest BCUT2D eigenvalue weighted by atomic mass is 32.2. The van der Waals surface area contributed by atoms with Gasteiger partial charge in [-0.05, 0) is 7.05 Å². The van der Waals surface area contributed by atoms with Gasteiger partial charge in [0.05, 0.1) is 12.5 Å². The molecule has 0 aliphatic carbocycles. The summed E-state index contributed by atoms with van der Waals surface area (Å²) in [6, 6.07) is 4.43. The first-order valence-corrected chi connectivity index (χ1v) is 4.85. The number of nitriles is 3. The maximum absolute atomic E-state index is 11.2. The molecule has 7 heteroatoms. The summed E-state index contributed by atoms with van der Waals surface area (Å²) in [5.74, 6) is 0. The molecule has 1 N–H and O–H groups in total. The lowest BCUT2D eigenvalue weighted by atomic mass is 10.2. The largest absolute Gasteiger partial charge is 0.239 e. The first-order chi connectivity index (χ1) is 6.53. The molecule has 0 atom stereocenters. The van der Waals surface area contributed by atoms with Crippen LogP contribution in [0.15, 0.2) is 10.5 Å². The molecule has 0 saturated heterocycles. The van der Waals surface area contributed by atoms with Crippen LogP contribution in [0.2, 0.25) is 0 Å². The van der Waals surface area contributed by atoms with Crippen LogP contribution in [-0.4, -0.2) is 15.5 Å². The van der Waals surface area contributed by atoms with Crippen molar-refractivity contribution in [3.8, 4) is 18.2 Å². The fourth-order valence-corrected chi connectivity index (χ4v) is 1.52. The second-order valence-electron chi connectivity index (χ2n) is 2.06. The zero-order chi connectivity index (χ0) is 11.2. The zero-order valence-electron chi connectivity index (χ0n) is 7.27. The van der Waals surface area contributed by atoms with Crippen molar-refractivity contribution in [2.75, 3.05) is 7.05 Å². The van der Waals surface area contributed by atoms with Crippen molar-refractivity contribution in [1.82, 2.24) is 4.72 Å². The van der Waals surface area contributed by atoms with E-state index in [0.717, 1.165) is 7.05 Å². The number of sulfonamides is 1. The SMILES string of the molecule is CNS(=O)(=O)C(CC#N)=C(C#N)C#N. The zero-order valence-corrected chi connectivity index (χ0v) is 8.09. The normalized spacial score (nSPS) is 9.29. The van der Waals surface area contributed by atoms with Gasteiger partial charge in [0.1, 0.15) is 22.6 Å². The molecule has 0 radical (unpaired) electrons. The van der Waals surface area contributed by atoms with Gasteiger partial charge in [-0.15, -0.1) is 0 Å². The Balaban J connectivity index is 5.67. The Kier molecular flexibility index (Phi) is 4.31. The Labute approximate surface area is 81.7 Å². The van der Waals surface area contributed by atoms with Gasteiger partial charge in [-0.3, -0.25) is 0 Å². The van der Waals surface area contributed by atoms with E-state index < -0.39 is 26.9 Å². The minimum Gasteiger partial charge on any atom is -0.214 e. The van der Waals surface area contributed by atoms with Crippen molar-refractivity contribution in [3.63, 3.8) is 0 Å². The van der Waals surface area contributed by atoms with E-state index in [2.05, 4.69) is 0 Å². The monoisotopic (exact) mass is 210 g/mol.